The van der Waals surface area contributed by atoms with Gasteiger partial charge in [-0.3, -0.25) is 9.78 Å². The molecule has 2 aromatic heterocycles. The molecule has 0 spiro atoms. The Balaban J connectivity index is 1.98. The second-order valence-corrected chi connectivity index (χ2v) is 6.38. The molecule has 0 radical (unpaired) electrons. The Hall–Kier alpha value is -1.68. The zero-order valence-corrected chi connectivity index (χ0v) is 13.0. The number of nitrogens with zero attached hydrogens (tertiary/aromatic N) is 2. The van der Waals surface area contributed by atoms with Crippen molar-refractivity contribution in [2.24, 2.45) is 0 Å². The van der Waals surface area contributed by atoms with Gasteiger partial charge in [0.2, 0.25) is 5.91 Å². The van der Waals surface area contributed by atoms with Gasteiger partial charge in [0.1, 0.15) is 0 Å². The first kappa shape index (κ1) is 14.7. The second-order valence-electron chi connectivity index (χ2n) is 5.43. The summed E-state index contributed by atoms with van der Waals surface area (Å²) in [5, 5.41) is 2.02. The van der Waals surface area contributed by atoms with Crippen LogP contribution in [0.15, 0.2) is 42.0 Å². The third kappa shape index (κ3) is 3.25. The fraction of sp³-hybridized carbons (Fsp3) is 0.375. The molecule has 0 unspecified atom stereocenters. The molecule has 0 aromatic carbocycles. The van der Waals surface area contributed by atoms with E-state index < -0.39 is 5.41 Å². The van der Waals surface area contributed by atoms with E-state index in [1.165, 1.54) is 5.56 Å². The summed E-state index contributed by atoms with van der Waals surface area (Å²) in [6.45, 7) is 4.70. The molecule has 0 saturated carbocycles. The number of carbonyl (C=O) groups is 1. The van der Waals surface area contributed by atoms with Gasteiger partial charge < -0.3 is 4.90 Å². The Morgan fingerprint density at radius 1 is 1.30 bits per heavy atom. The number of hydrogen-bond acceptors (Lipinski definition) is 3. The predicted octanol–water partition coefficient (Wildman–Crippen LogP) is 3.12. The Kier molecular flexibility index (Phi) is 4.55. The maximum absolute atomic E-state index is 12.6. The normalized spacial score (nSPS) is 11.3. The number of thiophene rings is 1. The monoisotopic (exact) mass is 288 g/mol. The molecular formula is C16H20N2OS. The first-order valence-electron chi connectivity index (χ1n) is 6.70. The summed E-state index contributed by atoms with van der Waals surface area (Å²) in [5.41, 5.74) is 0.745. The largest absolute Gasteiger partial charge is 0.345 e. The molecule has 0 aliphatic heterocycles. The quantitative estimate of drug-likeness (QED) is 0.847. The molecule has 0 bridgehead atoms. The molecule has 0 aliphatic rings. The van der Waals surface area contributed by atoms with Crippen molar-refractivity contribution >= 4 is 17.2 Å². The van der Waals surface area contributed by atoms with Crippen molar-refractivity contribution in [1.82, 2.24) is 9.88 Å². The summed E-state index contributed by atoms with van der Waals surface area (Å²) < 4.78 is 0. The van der Waals surface area contributed by atoms with Gasteiger partial charge in [-0.05, 0) is 49.4 Å². The number of rotatable bonds is 5. The van der Waals surface area contributed by atoms with Crippen LogP contribution in [-0.2, 0) is 16.6 Å². The average molecular weight is 288 g/mol. The Morgan fingerprint density at radius 2 is 2.00 bits per heavy atom. The number of carbonyl (C=O) groups excluding carboxylic acids is 1. The van der Waals surface area contributed by atoms with Crippen molar-refractivity contribution in [3.05, 3.63) is 52.5 Å². The van der Waals surface area contributed by atoms with E-state index in [0.29, 0.717) is 0 Å². The lowest BCUT2D eigenvalue weighted by Crippen LogP contribution is -2.41. The van der Waals surface area contributed by atoms with E-state index in [0.717, 1.165) is 17.8 Å². The number of hydrogen-bond donors (Lipinski definition) is 0. The van der Waals surface area contributed by atoms with Crippen molar-refractivity contribution in [3.63, 3.8) is 0 Å². The summed E-state index contributed by atoms with van der Waals surface area (Å²) in [5.74, 6) is 0.161. The Labute approximate surface area is 124 Å². The zero-order chi connectivity index (χ0) is 14.6. The third-order valence-corrected chi connectivity index (χ3v) is 4.70. The summed E-state index contributed by atoms with van der Waals surface area (Å²) in [7, 11) is 1.87. The van der Waals surface area contributed by atoms with Crippen molar-refractivity contribution in [2.45, 2.75) is 25.7 Å². The predicted molar refractivity (Wildman–Crippen MR) is 82.9 cm³/mol. The van der Waals surface area contributed by atoms with E-state index in [4.69, 9.17) is 0 Å². The SMILES string of the molecule is CN(CCc1ccncc1)C(=O)C(C)(C)c1cccs1. The van der Waals surface area contributed by atoms with Crippen LogP contribution in [-0.4, -0.2) is 29.4 Å². The van der Waals surface area contributed by atoms with Crippen LogP contribution in [0.5, 0.6) is 0 Å². The van der Waals surface area contributed by atoms with Crippen LogP contribution in [0.4, 0.5) is 0 Å². The van der Waals surface area contributed by atoms with E-state index in [2.05, 4.69) is 4.98 Å². The number of aromatic nitrogens is 1. The summed E-state index contributed by atoms with van der Waals surface area (Å²) >= 11 is 1.63. The highest BCUT2D eigenvalue weighted by Crippen LogP contribution is 2.29. The van der Waals surface area contributed by atoms with Gasteiger partial charge >= 0.3 is 0 Å². The van der Waals surface area contributed by atoms with Crippen LogP contribution >= 0.6 is 11.3 Å². The first-order chi connectivity index (χ1) is 9.51. The highest BCUT2D eigenvalue weighted by atomic mass is 32.1. The molecule has 0 fully saturated rings. The molecule has 1 amide bonds. The van der Waals surface area contributed by atoms with Gasteiger partial charge in [-0.15, -0.1) is 11.3 Å². The van der Waals surface area contributed by atoms with E-state index in [9.17, 15) is 4.79 Å². The first-order valence-corrected chi connectivity index (χ1v) is 7.58. The third-order valence-electron chi connectivity index (χ3n) is 3.50. The van der Waals surface area contributed by atoms with E-state index >= 15 is 0 Å². The van der Waals surface area contributed by atoms with Gasteiger partial charge in [0.25, 0.3) is 0 Å². The fourth-order valence-electron chi connectivity index (χ4n) is 2.16. The highest BCUT2D eigenvalue weighted by molar-refractivity contribution is 7.10. The molecule has 3 nitrogen and oxygen atoms in total. The second kappa shape index (κ2) is 6.18. The highest BCUT2D eigenvalue weighted by Gasteiger charge is 2.33. The maximum Gasteiger partial charge on any atom is 0.233 e. The van der Waals surface area contributed by atoms with E-state index in [1.807, 2.05) is 55.4 Å². The van der Waals surface area contributed by atoms with Crippen molar-refractivity contribution in [1.29, 1.82) is 0 Å². The van der Waals surface area contributed by atoms with Gasteiger partial charge in [0.05, 0.1) is 5.41 Å². The average Bonchev–Trinajstić information content (AvgIpc) is 3.00. The molecule has 2 aromatic rings. The summed E-state index contributed by atoms with van der Waals surface area (Å²) in [6.07, 6.45) is 4.42. The summed E-state index contributed by atoms with van der Waals surface area (Å²) in [6, 6.07) is 8.00. The van der Waals surface area contributed by atoms with Gasteiger partial charge in [0.15, 0.2) is 0 Å². The Morgan fingerprint density at radius 3 is 2.60 bits per heavy atom. The van der Waals surface area contributed by atoms with Crippen LogP contribution in [0.25, 0.3) is 0 Å². The summed E-state index contributed by atoms with van der Waals surface area (Å²) in [4.78, 5) is 19.5. The lowest BCUT2D eigenvalue weighted by atomic mass is 9.89. The van der Waals surface area contributed by atoms with Gasteiger partial charge in [-0.1, -0.05) is 6.07 Å². The van der Waals surface area contributed by atoms with E-state index in [-0.39, 0.29) is 5.91 Å². The van der Waals surface area contributed by atoms with Gasteiger partial charge in [0, 0.05) is 30.9 Å². The molecule has 4 heteroatoms. The molecular weight excluding hydrogens is 268 g/mol. The molecule has 0 atom stereocenters. The number of likely N-dealkylation sites (N-methyl/N-ethyl adjacent to an activating group) is 1. The topological polar surface area (TPSA) is 33.2 Å². The molecule has 20 heavy (non-hydrogen) atoms. The Bertz CT molecular complexity index is 549. The molecule has 0 aliphatic carbocycles. The molecule has 106 valence electrons. The van der Waals surface area contributed by atoms with E-state index in [1.54, 1.807) is 23.7 Å². The number of pyridine rings is 1. The van der Waals surface area contributed by atoms with Crippen LogP contribution in [0.1, 0.15) is 24.3 Å². The molecule has 2 rings (SSSR count). The van der Waals surface area contributed by atoms with Crippen LogP contribution in [0.2, 0.25) is 0 Å². The van der Waals surface area contributed by atoms with Gasteiger partial charge in [-0.2, -0.15) is 0 Å². The van der Waals surface area contributed by atoms with Crippen LogP contribution in [0, 0.1) is 0 Å². The van der Waals surface area contributed by atoms with Crippen molar-refractivity contribution in [2.75, 3.05) is 13.6 Å². The minimum atomic E-state index is -0.457. The van der Waals surface area contributed by atoms with Crippen molar-refractivity contribution in [3.8, 4) is 0 Å². The smallest absolute Gasteiger partial charge is 0.233 e. The standard InChI is InChI=1S/C16H20N2OS/c1-16(2,14-5-4-12-20-14)15(19)18(3)11-8-13-6-9-17-10-7-13/h4-7,9-10,12H,8,11H2,1-3H3. The number of amides is 1. The fourth-order valence-corrected chi connectivity index (χ4v) is 3.01. The maximum atomic E-state index is 12.6. The lowest BCUT2D eigenvalue weighted by Gasteiger charge is -2.28. The molecule has 0 N–H and O–H groups in total. The molecule has 0 saturated heterocycles. The van der Waals surface area contributed by atoms with Crippen LogP contribution in [0.3, 0.4) is 0 Å². The minimum Gasteiger partial charge on any atom is -0.345 e. The van der Waals surface area contributed by atoms with Crippen LogP contribution < -0.4 is 0 Å². The van der Waals surface area contributed by atoms with Crippen molar-refractivity contribution < 1.29 is 4.79 Å². The zero-order valence-electron chi connectivity index (χ0n) is 12.2. The minimum absolute atomic E-state index is 0.161. The lowest BCUT2D eigenvalue weighted by molar-refractivity contribution is -0.134. The van der Waals surface area contributed by atoms with Gasteiger partial charge in [-0.25, -0.2) is 0 Å². The molecule has 2 heterocycles.